The molecule has 1 aromatic heterocycles. The molecule has 1 heterocycles. The molecule has 120 valence electrons. The Morgan fingerprint density at radius 2 is 2.19 bits per heavy atom. The van der Waals surface area contributed by atoms with Gasteiger partial charge in [0.05, 0.1) is 12.7 Å². The predicted octanol–water partition coefficient (Wildman–Crippen LogP) is 2.32. The highest BCUT2D eigenvalue weighted by atomic mass is 16.6. The minimum atomic E-state index is -0.527. The molecule has 6 nitrogen and oxygen atoms in total. The van der Waals surface area contributed by atoms with E-state index in [2.05, 4.69) is 5.10 Å². The number of amides is 1. The van der Waals surface area contributed by atoms with Gasteiger partial charge >= 0.3 is 6.09 Å². The molecule has 1 atom stereocenters. The number of ether oxygens (including phenoxy) is 1. The number of aromatic nitrogens is 2. The Hall–Kier alpha value is -1.56. The minimum absolute atomic E-state index is 0.00722. The number of carbonyl (C=O) groups excluding carboxylic acids is 1. The van der Waals surface area contributed by atoms with Crippen molar-refractivity contribution in [3.05, 3.63) is 18.0 Å². The van der Waals surface area contributed by atoms with Crippen molar-refractivity contribution >= 4 is 6.09 Å². The lowest BCUT2D eigenvalue weighted by Crippen LogP contribution is -2.41. The van der Waals surface area contributed by atoms with Gasteiger partial charge in [0, 0.05) is 31.5 Å². The van der Waals surface area contributed by atoms with E-state index in [1.54, 1.807) is 15.8 Å². The van der Waals surface area contributed by atoms with E-state index < -0.39 is 5.60 Å². The van der Waals surface area contributed by atoms with Crippen molar-refractivity contribution in [3.8, 4) is 0 Å². The van der Waals surface area contributed by atoms with Gasteiger partial charge in [0.25, 0.3) is 0 Å². The Kier molecular flexibility index (Phi) is 6.20. The zero-order chi connectivity index (χ0) is 16.0. The van der Waals surface area contributed by atoms with Crippen LogP contribution in [-0.4, -0.2) is 44.1 Å². The van der Waals surface area contributed by atoms with E-state index in [0.717, 1.165) is 12.0 Å². The summed E-state index contributed by atoms with van der Waals surface area (Å²) in [6, 6.07) is -0.00722. The molecule has 0 fully saturated rings. The lowest BCUT2D eigenvalue weighted by molar-refractivity contribution is 0.0142. The number of aliphatic hydroxyl groups is 1. The van der Waals surface area contributed by atoms with Gasteiger partial charge < -0.3 is 14.7 Å². The van der Waals surface area contributed by atoms with Gasteiger partial charge in [0.2, 0.25) is 0 Å². The second-order valence-electron chi connectivity index (χ2n) is 6.35. The number of rotatable bonds is 6. The summed E-state index contributed by atoms with van der Waals surface area (Å²) < 4.78 is 7.19. The molecule has 1 rings (SSSR count). The molecule has 1 aromatic rings. The molecular weight excluding hydrogens is 270 g/mol. The Labute approximate surface area is 126 Å². The number of aryl methyl sites for hydroxylation is 1. The van der Waals surface area contributed by atoms with Crippen LogP contribution in [0.3, 0.4) is 0 Å². The maximum absolute atomic E-state index is 12.4. The van der Waals surface area contributed by atoms with Gasteiger partial charge in [-0.3, -0.25) is 4.68 Å². The number of hydrogen-bond donors (Lipinski definition) is 1. The molecule has 0 aliphatic rings. The fourth-order valence-corrected chi connectivity index (χ4v) is 2.01. The summed E-state index contributed by atoms with van der Waals surface area (Å²) in [5, 5.41) is 13.1. The molecule has 6 heteroatoms. The summed E-state index contributed by atoms with van der Waals surface area (Å²) >= 11 is 0. The van der Waals surface area contributed by atoms with Crippen molar-refractivity contribution in [2.24, 2.45) is 7.05 Å². The Morgan fingerprint density at radius 1 is 1.52 bits per heavy atom. The van der Waals surface area contributed by atoms with Gasteiger partial charge in [-0.15, -0.1) is 0 Å². The van der Waals surface area contributed by atoms with Crippen molar-refractivity contribution < 1.29 is 14.6 Å². The van der Waals surface area contributed by atoms with E-state index in [1.807, 2.05) is 40.9 Å². The Bertz CT molecular complexity index is 451. The molecule has 0 radical (unpaired) electrons. The van der Waals surface area contributed by atoms with Crippen LogP contribution in [0, 0.1) is 0 Å². The second kappa shape index (κ2) is 7.45. The number of hydrogen-bond acceptors (Lipinski definition) is 4. The topological polar surface area (TPSA) is 67.6 Å². The zero-order valence-electron chi connectivity index (χ0n) is 13.7. The molecule has 0 bridgehead atoms. The molecule has 0 aliphatic carbocycles. The third-order valence-electron chi connectivity index (χ3n) is 3.05. The summed E-state index contributed by atoms with van der Waals surface area (Å²) in [6.45, 7) is 8.10. The molecule has 0 aliphatic heterocycles. The third kappa shape index (κ3) is 6.16. The average molecular weight is 297 g/mol. The highest BCUT2D eigenvalue weighted by Crippen LogP contribution is 2.17. The van der Waals surface area contributed by atoms with Crippen LogP contribution in [-0.2, 0) is 18.3 Å². The smallest absolute Gasteiger partial charge is 0.410 e. The monoisotopic (exact) mass is 297 g/mol. The molecule has 0 spiro atoms. The van der Waals surface area contributed by atoms with E-state index in [1.165, 1.54) is 0 Å². The summed E-state index contributed by atoms with van der Waals surface area (Å²) in [5.74, 6) is 0. The fourth-order valence-electron chi connectivity index (χ4n) is 2.01. The first-order valence-corrected chi connectivity index (χ1v) is 7.31. The molecule has 21 heavy (non-hydrogen) atoms. The van der Waals surface area contributed by atoms with Crippen LogP contribution in [0.25, 0.3) is 0 Å². The molecule has 0 aromatic carbocycles. The normalized spacial score (nSPS) is 13.0. The van der Waals surface area contributed by atoms with Gasteiger partial charge in [0.1, 0.15) is 5.60 Å². The van der Waals surface area contributed by atoms with Crippen LogP contribution >= 0.6 is 0 Å². The van der Waals surface area contributed by atoms with Crippen LogP contribution in [0.4, 0.5) is 4.79 Å². The highest BCUT2D eigenvalue weighted by Gasteiger charge is 2.26. The maximum Gasteiger partial charge on any atom is 0.410 e. The van der Waals surface area contributed by atoms with Crippen molar-refractivity contribution in [2.75, 3.05) is 6.61 Å². The van der Waals surface area contributed by atoms with Crippen molar-refractivity contribution in [3.63, 3.8) is 0 Å². The lowest BCUT2D eigenvalue weighted by Gasteiger charge is -2.31. The van der Waals surface area contributed by atoms with Crippen LogP contribution in [0.15, 0.2) is 12.4 Å². The standard InChI is InChI=1S/C15H27N3O3/c1-12(7-6-8-19)18(14(20)21-15(2,3)4)11-13-9-16-17(5)10-13/h9-10,12,19H,6-8,11H2,1-5H3. The van der Waals surface area contributed by atoms with E-state index >= 15 is 0 Å². The fraction of sp³-hybridized carbons (Fsp3) is 0.733. The lowest BCUT2D eigenvalue weighted by atomic mass is 10.1. The molecule has 1 unspecified atom stereocenters. The first-order valence-electron chi connectivity index (χ1n) is 7.31. The molecule has 1 amide bonds. The summed E-state index contributed by atoms with van der Waals surface area (Å²) in [4.78, 5) is 14.1. The van der Waals surface area contributed by atoms with Gasteiger partial charge in [-0.1, -0.05) is 0 Å². The number of aliphatic hydroxyl groups excluding tert-OH is 1. The molecule has 0 saturated heterocycles. The van der Waals surface area contributed by atoms with Crippen LogP contribution < -0.4 is 0 Å². The first kappa shape index (κ1) is 17.5. The van der Waals surface area contributed by atoms with Gasteiger partial charge in [-0.05, 0) is 40.5 Å². The van der Waals surface area contributed by atoms with E-state index in [9.17, 15) is 4.79 Å². The van der Waals surface area contributed by atoms with Crippen molar-refractivity contribution in [1.29, 1.82) is 0 Å². The van der Waals surface area contributed by atoms with Crippen LogP contribution in [0.2, 0.25) is 0 Å². The molecule has 1 N–H and O–H groups in total. The van der Waals surface area contributed by atoms with Crippen molar-refractivity contribution in [1.82, 2.24) is 14.7 Å². The summed E-state index contributed by atoms with van der Waals surface area (Å²) in [5.41, 5.74) is 0.431. The Morgan fingerprint density at radius 3 is 2.67 bits per heavy atom. The number of carbonyl (C=O) groups is 1. The molecule has 0 saturated carbocycles. The van der Waals surface area contributed by atoms with Crippen LogP contribution in [0.5, 0.6) is 0 Å². The van der Waals surface area contributed by atoms with Crippen molar-refractivity contribution in [2.45, 2.75) is 58.7 Å². The van der Waals surface area contributed by atoms with E-state index in [4.69, 9.17) is 9.84 Å². The quantitative estimate of drug-likeness (QED) is 0.875. The first-order chi connectivity index (χ1) is 9.73. The summed E-state index contributed by atoms with van der Waals surface area (Å²) in [6.07, 6.45) is 4.69. The number of nitrogens with zero attached hydrogens (tertiary/aromatic N) is 3. The minimum Gasteiger partial charge on any atom is -0.444 e. The predicted molar refractivity (Wildman–Crippen MR) is 80.8 cm³/mol. The molecular formula is C15H27N3O3. The van der Waals surface area contributed by atoms with E-state index in [-0.39, 0.29) is 18.7 Å². The maximum atomic E-state index is 12.4. The largest absolute Gasteiger partial charge is 0.444 e. The second-order valence-corrected chi connectivity index (χ2v) is 6.35. The van der Waals surface area contributed by atoms with E-state index in [0.29, 0.717) is 13.0 Å². The SMILES string of the molecule is CC(CCCO)N(Cc1cnn(C)c1)C(=O)OC(C)(C)C. The zero-order valence-corrected chi connectivity index (χ0v) is 13.7. The van der Waals surface area contributed by atoms with Gasteiger partial charge in [-0.25, -0.2) is 4.79 Å². The average Bonchev–Trinajstić information content (AvgIpc) is 2.76. The van der Waals surface area contributed by atoms with Gasteiger partial charge in [-0.2, -0.15) is 5.10 Å². The summed E-state index contributed by atoms with van der Waals surface area (Å²) in [7, 11) is 1.84. The highest BCUT2D eigenvalue weighted by molar-refractivity contribution is 5.68. The Balaban J connectivity index is 2.80. The third-order valence-corrected chi connectivity index (χ3v) is 3.05. The van der Waals surface area contributed by atoms with Crippen LogP contribution in [0.1, 0.15) is 46.1 Å². The van der Waals surface area contributed by atoms with Gasteiger partial charge in [0.15, 0.2) is 0 Å².